The smallest absolute Gasteiger partial charge is 0.776 e. The van der Waals surface area contributed by atoms with Crippen LogP contribution in [0.1, 0.15) is 5.56 Å². The minimum atomic E-state index is -4.74. The fourth-order valence-electron chi connectivity index (χ4n) is 1.85. The SMILES string of the molecule is O=CN(O)C[C@H](O)[C@H](OCc1ccccc1)[C@H](O)/C=C/P(=O)([O-])O.[Na+]. The van der Waals surface area contributed by atoms with Crippen LogP contribution in [0.3, 0.4) is 0 Å². The molecule has 0 radical (unpaired) electrons. The Labute approximate surface area is 166 Å². The van der Waals surface area contributed by atoms with Gasteiger partial charge in [-0.05, 0) is 17.5 Å². The van der Waals surface area contributed by atoms with Gasteiger partial charge in [0.05, 0.1) is 13.2 Å². The fraction of sp³-hybridized carbons (Fsp3) is 0.357. The van der Waals surface area contributed by atoms with Crippen molar-refractivity contribution in [3.05, 3.63) is 47.8 Å². The molecule has 0 saturated carbocycles. The van der Waals surface area contributed by atoms with E-state index in [0.29, 0.717) is 5.82 Å². The summed E-state index contributed by atoms with van der Waals surface area (Å²) in [6.45, 7) is -0.587. The molecule has 1 aromatic rings. The average molecular weight is 383 g/mol. The molecule has 9 nitrogen and oxygen atoms in total. The predicted octanol–water partition coefficient (Wildman–Crippen LogP) is -3.80. The van der Waals surface area contributed by atoms with Gasteiger partial charge in [-0.1, -0.05) is 30.3 Å². The summed E-state index contributed by atoms with van der Waals surface area (Å²) in [5.74, 6) is 0.375. The number of hydrogen-bond donors (Lipinski definition) is 4. The number of carbonyl (C=O) groups is 1. The number of hydrogen-bond acceptors (Lipinski definition) is 7. The van der Waals surface area contributed by atoms with Crippen LogP contribution in [0.25, 0.3) is 0 Å². The first-order chi connectivity index (χ1) is 11.2. The first-order valence-electron chi connectivity index (χ1n) is 6.88. The van der Waals surface area contributed by atoms with Crippen LogP contribution >= 0.6 is 7.60 Å². The van der Waals surface area contributed by atoms with Gasteiger partial charge in [0.2, 0.25) is 6.41 Å². The molecule has 11 heteroatoms. The quantitative estimate of drug-likeness (QED) is 0.106. The van der Waals surface area contributed by atoms with E-state index in [1.165, 1.54) is 0 Å². The van der Waals surface area contributed by atoms with Crippen LogP contribution in [0.2, 0.25) is 0 Å². The molecule has 0 spiro atoms. The van der Waals surface area contributed by atoms with Gasteiger partial charge in [0.25, 0.3) is 0 Å². The van der Waals surface area contributed by atoms with Crippen LogP contribution in [0.5, 0.6) is 0 Å². The van der Waals surface area contributed by atoms with E-state index in [2.05, 4.69) is 0 Å². The summed E-state index contributed by atoms with van der Waals surface area (Å²) < 4.78 is 16.1. The first-order valence-corrected chi connectivity index (χ1v) is 8.53. The standard InChI is InChI=1S/C14H20NO8P.Na/c16-10-15(19)8-13(18)14(12(17)6-7-24(20,21)22)23-9-11-4-2-1-3-5-11;/h1-7,10,12-14,17-19H,8-9H2,(H2,20,21,22);/q;+1/p-1/b7-6+;/t12-,13+,14-;/m1./s1. The van der Waals surface area contributed by atoms with Crippen molar-refractivity contribution >= 4 is 14.0 Å². The summed E-state index contributed by atoms with van der Waals surface area (Å²) in [7, 11) is -4.74. The van der Waals surface area contributed by atoms with Gasteiger partial charge >= 0.3 is 29.6 Å². The third-order valence-electron chi connectivity index (χ3n) is 2.97. The molecule has 4 N–H and O–H groups in total. The van der Waals surface area contributed by atoms with E-state index < -0.39 is 32.5 Å². The molecule has 1 unspecified atom stereocenters. The minimum Gasteiger partial charge on any atom is -0.776 e. The Kier molecular flexibility index (Phi) is 11.6. The Hall–Kier alpha value is -0.580. The van der Waals surface area contributed by atoms with Gasteiger partial charge < -0.3 is 29.3 Å². The molecule has 25 heavy (non-hydrogen) atoms. The topological polar surface area (TPSA) is 151 Å². The molecule has 0 bridgehead atoms. The first kappa shape index (κ1) is 24.4. The molecule has 0 saturated heterocycles. The third-order valence-corrected chi connectivity index (χ3v) is 3.52. The third kappa shape index (κ3) is 10.2. The van der Waals surface area contributed by atoms with Gasteiger partial charge in [-0.25, -0.2) is 5.06 Å². The second-order valence-corrected chi connectivity index (χ2v) is 6.38. The zero-order valence-electron chi connectivity index (χ0n) is 13.6. The summed E-state index contributed by atoms with van der Waals surface area (Å²) in [5.41, 5.74) is 0.721. The zero-order valence-corrected chi connectivity index (χ0v) is 16.5. The second-order valence-electron chi connectivity index (χ2n) is 4.95. The van der Waals surface area contributed by atoms with E-state index in [1.807, 2.05) is 0 Å². The number of rotatable bonds is 10. The van der Waals surface area contributed by atoms with Crippen LogP contribution in [-0.2, 0) is 20.7 Å². The normalized spacial score (nSPS) is 17.2. The van der Waals surface area contributed by atoms with Gasteiger partial charge in [0, 0.05) is 0 Å². The molecule has 0 aliphatic carbocycles. The van der Waals surface area contributed by atoms with E-state index in [-0.39, 0.29) is 47.6 Å². The van der Waals surface area contributed by atoms with Crippen molar-refractivity contribution in [3.8, 4) is 0 Å². The molecular weight excluding hydrogens is 364 g/mol. The van der Waals surface area contributed by atoms with Crippen LogP contribution in [0, 0.1) is 0 Å². The summed E-state index contributed by atoms with van der Waals surface area (Å²) >= 11 is 0. The van der Waals surface area contributed by atoms with Crippen molar-refractivity contribution < 1.29 is 68.9 Å². The van der Waals surface area contributed by atoms with Crippen LogP contribution in [0.15, 0.2) is 42.2 Å². The fourth-order valence-corrected chi connectivity index (χ4v) is 2.24. The van der Waals surface area contributed by atoms with Crippen molar-refractivity contribution in [3.63, 3.8) is 0 Å². The van der Waals surface area contributed by atoms with Gasteiger partial charge in [-0.15, -0.1) is 0 Å². The van der Waals surface area contributed by atoms with Crippen molar-refractivity contribution in [2.24, 2.45) is 0 Å². The molecule has 1 aromatic carbocycles. The zero-order chi connectivity index (χ0) is 18.2. The number of amides is 1. The maximum absolute atomic E-state index is 10.7. The largest absolute Gasteiger partial charge is 1.00 e. The molecule has 134 valence electrons. The molecule has 1 rings (SSSR count). The number of carbonyl (C=O) groups excluding carboxylic acids is 1. The van der Waals surface area contributed by atoms with Gasteiger partial charge in [-0.3, -0.25) is 10.0 Å². The van der Waals surface area contributed by atoms with E-state index in [0.717, 1.165) is 11.6 Å². The Bertz CT molecular complexity index is 581. The van der Waals surface area contributed by atoms with E-state index in [1.54, 1.807) is 30.3 Å². The van der Waals surface area contributed by atoms with Crippen molar-refractivity contribution in [1.82, 2.24) is 5.06 Å². The number of hydroxylamine groups is 2. The maximum atomic E-state index is 10.7. The summed E-state index contributed by atoms with van der Waals surface area (Å²) in [6, 6.07) is 8.75. The average Bonchev–Trinajstić information content (AvgIpc) is 2.53. The van der Waals surface area contributed by atoms with Crippen LogP contribution in [0.4, 0.5) is 0 Å². The summed E-state index contributed by atoms with van der Waals surface area (Å²) in [4.78, 5) is 29.8. The second kappa shape index (κ2) is 11.9. The molecule has 0 aromatic heterocycles. The molecule has 4 atom stereocenters. The maximum Gasteiger partial charge on any atom is 1.00 e. The molecule has 0 aliphatic heterocycles. The predicted molar refractivity (Wildman–Crippen MR) is 80.6 cm³/mol. The molecule has 0 fully saturated rings. The molecular formula is C14H19NNaO8P. The minimum absolute atomic E-state index is 0. The Morgan fingerprint density at radius 2 is 1.88 bits per heavy atom. The van der Waals surface area contributed by atoms with Gasteiger partial charge in [0.1, 0.15) is 18.3 Å². The Morgan fingerprint density at radius 3 is 2.40 bits per heavy atom. The number of ether oxygens (including phenoxy) is 1. The molecule has 0 heterocycles. The molecule has 1 amide bonds. The van der Waals surface area contributed by atoms with Crippen LogP contribution < -0.4 is 34.5 Å². The van der Waals surface area contributed by atoms with Crippen molar-refractivity contribution in [2.45, 2.75) is 24.9 Å². The summed E-state index contributed by atoms with van der Waals surface area (Å²) in [5, 5.41) is 29.3. The van der Waals surface area contributed by atoms with Gasteiger partial charge in [0.15, 0.2) is 7.60 Å². The number of aliphatic hydroxyl groups excluding tert-OH is 2. The number of nitrogens with zero attached hydrogens (tertiary/aromatic N) is 1. The van der Waals surface area contributed by atoms with Crippen molar-refractivity contribution in [1.29, 1.82) is 0 Å². The van der Waals surface area contributed by atoms with E-state index in [9.17, 15) is 24.5 Å². The number of aliphatic hydroxyl groups is 2. The number of benzene rings is 1. The van der Waals surface area contributed by atoms with Gasteiger partial charge in [-0.2, -0.15) is 0 Å². The summed E-state index contributed by atoms with van der Waals surface area (Å²) in [6.07, 6.45) is -3.71. The Balaban J connectivity index is 0.00000576. The monoisotopic (exact) mass is 383 g/mol. The Morgan fingerprint density at radius 1 is 1.28 bits per heavy atom. The van der Waals surface area contributed by atoms with Crippen LogP contribution in [-0.4, -0.2) is 56.6 Å². The van der Waals surface area contributed by atoms with E-state index in [4.69, 9.17) is 14.8 Å². The molecule has 0 aliphatic rings. The van der Waals surface area contributed by atoms with E-state index >= 15 is 0 Å². The van der Waals surface area contributed by atoms with Crippen molar-refractivity contribution in [2.75, 3.05) is 6.54 Å².